The second kappa shape index (κ2) is 15.2. The Morgan fingerprint density at radius 3 is 1.51 bits per heavy atom. The minimum atomic E-state index is -2.00. The number of aldehydes is 2. The summed E-state index contributed by atoms with van der Waals surface area (Å²) in [7, 11) is 0. The van der Waals surface area contributed by atoms with Crippen molar-refractivity contribution in [2.45, 2.75) is 123 Å². The fourth-order valence-electron chi connectivity index (χ4n) is 5.46. The zero-order chi connectivity index (χ0) is 33.3. The minimum Gasteiger partial charge on any atom is -0.394 e. The molecule has 0 unspecified atom stereocenters. The fraction of sp³-hybridized carbons (Fsp3) is 0.917. The van der Waals surface area contributed by atoms with Crippen LogP contribution in [0.4, 0.5) is 0 Å². The predicted octanol–water partition coefficient (Wildman–Crippen LogP) is -9.40. The van der Waals surface area contributed by atoms with E-state index in [0.717, 1.165) is 0 Å². The maximum atomic E-state index is 12.0. The molecule has 4 aliphatic heterocycles. The Kier molecular flexibility index (Phi) is 12.3. The molecule has 4 fully saturated rings. The molecule has 0 aliphatic carbocycles. The third-order valence-electron chi connectivity index (χ3n) is 8.15. The number of rotatable bonds is 10. The van der Waals surface area contributed by atoms with Crippen LogP contribution in [-0.2, 0) is 42.7 Å². The van der Waals surface area contributed by atoms with Crippen molar-refractivity contribution in [3.8, 4) is 0 Å². The van der Waals surface area contributed by atoms with Gasteiger partial charge in [0.05, 0.1) is 25.3 Å². The van der Waals surface area contributed by atoms with Crippen LogP contribution in [0.1, 0.15) is 0 Å². The number of nitrogens with two attached hydrogens (primary N) is 2. The highest BCUT2D eigenvalue weighted by Gasteiger charge is 2.54. The highest BCUT2D eigenvalue weighted by Crippen LogP contribution is 2.33. The van der Waals surface area contributed by atoms with E-state index in [9.17, 15) is 60.7 Å². The average molecular weight is 661 g/mol. The van der Waals surface area contributed by atoms with E-state index in [1.54, 1.807) is 0 Å². The number of carbonyl (C=O) groups excluding carboxylic acids is 2. The van der Waals surface area contributed by atoms with E-state index in [0.29, 0.717) is 0 Å². The first-order valence-corrected chi connectivity index (χ1v) is 14.0. The Labute approximate surface area is 254 Å². The molecular weight excluding hydrogens is 620 g/mol. The second-order valence-corrected chi connectivity index (χ2v) is 11.1. The van der Waals surface area contributed by atoms with Gasteiger partial charge in [-0.3, -0.25) is 0 Å². The Morgan fingerprint density at radius 1 is 0.511 bits per heavy atom. The summed E-state index contributed by atoms with van der Waals surface area (Å²) in [5.41, 5.74) is 12.0. The number of carbonyl (C=O) groups is 2. The lowest BCUT2D eigenvalue weighted by atomic mass is 9.95. The van der Waals surface area contributed by atoms with Crippen LogP contribution in [-0.4, -0.2) is 200 Å². The van der Waals surface area contributed by atoms with Gasteiger partial charge in [0.2, 0.25) is 0 Å². The van der Waals surface area contributed by atoms with Crippen molar-refractivity contribution < 1.29 is 93.8 Å². The van der Waals surface area contributed by atoms with Crippen LogP contribution >= 0.6 is 0 Å². The molecule has 20 atom stereocenters. The molecular formula is C24H40N2O19. The summed E-state index contributed by atoms with van der Waals surface area (Å²) < 4.78 is 37.9. The third kappa shape index (κ3) is 7.22. The summed E-state index contributed by atoms with van der Waals surface area (Å²) in [6.07, 6.45) is -30.8. The Hall–Kier alpha value is -1.42. The van der Waals surface area contributed by atoms with Gasteiger partial charge < -0.3 is 105 Å². The summed E-state index contributed by atoms with van der Waals surface area (Å²) in [6.45, 7) is -1.59. The molecule has 260 valence electrons. The first-order chi connectivity index (χ1) is 21.3. The topological polar surface area (TPSA) is 353 Å². The maximum absolute atomic E-state index is 12.0. The highest BCUT2D eigenvalue weighted by atomic mass is 16.8. The molecule has 21 nitrogen and oxygen atoms in total. The van der Waals surface area contributed by atoms with Crippen LogP contribution < -0.4 is 11.5 Å². The van der Waals surface area contributed by atoms with Gasteiger partial charge in [0, 0.05) is 0 Å². The van der Waals surface area contributed by atoms with Crippen LogP contribution in [0, 0.1) is 0 Å². The van der Waals surface area contributed by atoms with E-state index >= 15 is 0 Å². The molecule has 21 heteroatoms. The minimum absolute atomic E-state index is 0.148. The Bertz CT molecular complexity index is 985. The van der Waals surface area contributed by atoms with Crippen LogP contribution in [0.5, 0.6) is 0 Å². The number of aliphatic hydroxyl groups excluding tert-OH is 10. The van der Waals surface area contributed by atoms with E-state index < -0.39 is 136 Å². The molecule has 0 radical (unpaired) electrons. The molecule has 45 heavy (non-hydrogen) atoms. The van der Waals surface area contributed by atoms with Crippen LogP contribution in [0.2, 0.25) is 0 Å². The lowest BCUT2D eigenvalue weighted by Gasteiger charge is -2.48. The zero-order valence-corrected chi connectivity index (χ0v) is 23.4. The monoisotopic (exact) mass is 660 g/mol. The molecule has 4 saturated heterocycles. The van der Waals surface area contributed by atoms with Gasteiger partial charge in [0.15, 0.2) is 37.7 Å². The Morgan fingerprint density at radius 2 is 0.978 bits per heavy atom. The number of hydrogen-bond acceptors (Lipinski definition) is 21. The number of ether oxygens (including phenoxy) is 7. The molecule has 0 aromatic heterocycles. The van der Waals surface area contributed by atoms with Crippen molar-refractivity contribution in [3.05, 3.63) is 0 Å². The molecule has 0 aromatic carbocycles. The van der Waals surface area contributed by atoms with Gasteiger partial charge in [0.1, 0.15) is 85.5 Å². The van der Waals surface area contributed by atoms with E-state index in [2.05, 4.69) is 0 Å². The standard InChI is InChI=1S/C24H40N2O19/c25-9-19(12(32)6(2-28)39-21(9)38)44-24-17(37)15(35)18(8(4-30)42-24)43-22-10(26)20(13(33)7(3-29)40-22)45-23-16(36)14(34)11(31)5(1-27)41-23/h1,4-24,28-29,31-38H,2-3,25-26H2/t5-,6-,7-,8-,9-,10-,11-,12-,13-,14+,15-,16-,17-,18-,19-,20-,21-,22+,23+,24+/m1/s1. The molecule has 0 aromatic rings. The molecule has 4 rings (SSSR count). The Balaban J connectivity index is 1.48. The van der Waals surface area contributed by atoms with E-state index in [1.165, 1.54) is 0 Å². The molecule has 4 aliphatic rings. The van der Waals surface area contributed by atoms with Crippen LogP contribution in [0.15, 0.2) is 0 Å². The molecule has 14 N–H and O–H groups in total. The van der Waals surface area contributed by atoms with Gasteiger partial charge in [-0.1, -0.05) is 0 Å². The van der Waals surface area contributed by atoms with Crippen molar-refractivity contribution in [1.82, 2.24) is 0 Å². The van der Waals surface area contributed by atoms with Crippen molar-refractivity contribution in [2.75, 3.05) is 13.2 Å². The van der Waals surface area contributed by atoms with Gasteiger partial charge in [-0.15, -0.1) is 0 Å². The summed E-state index contributed by atoms with van der Waals surface area (Å²) in [5, 5.41) is 102. The second-order valence-electron chi connectivity index (χ2n) is 11.1. The van der Waals surface area contributed by atoms with E-state index in [-0.39, 0.29) is 12.6 Å². The summed E-state index contributed by atoms with van der Waals surface area (Å²) >= 11 is 0. The maximum Gasteiger partial charge on any atom is 0.187 e. The molecule has 4 heterocycles. The molecule has 0 saturated carbocycles. The largest absolute Gasteiger partial charge is 0.394 e. The first kappa shape index (κ1) is 36.4. The van der Waals surface area contributed by atoms with Crippen molar-refractivity contribution in [3.63, 3.8) is 0 Å². The van der Waals surface area contributed by atoms with Gasteiger partial charge in [0.25, 0.3) is 0 Å². The summed E-state index contributed by atoms with van der Waals surface area (Å²) in [5.74, 6) is 0. The average Bonchev–Trinajstić information content (AvgIpc) is 3.03. The van der Waals surface area contributed by atoms with E-state index in [1.807, 2.05) is 0 Å². The molecule has 0 spiro atoms. The van der Waals surface area contributed by atoms with Crippen LogP contribution in [0.3, 0.4) is 0 Å². The first-order valence-electron chi connectivity index (χ1n) is 14.0. The SMILES string of the molecule is N[C@@H]1[C@@H](O[C@@H]2O[C@H](C=O)[C@@H](O[C@@H]3O[C@H](CO)[C@@H](O)[C@H](O[C@@H]4O[C@H](C=O)[C@@H](O)[C@H](O)[C@H]4O)[C@H]3N)[C@H](O)[C@H]2O)[C@H](O)[C@@H](CO)O[C@H]1O. The lowest BCUT2D eigenvalue weighted by molar-refractivity contribution is -0.364. The van der Waals surface area contributed by atoms with Crippen molar-refractivity contribution >= 4 is 12.6 Å². The summed E-state index contributed by atoms with van der Waals surface area (Å²) in [6, 6.07) is -2.97. The normalized spacial score (nSPS) is 52.7. The van der Waals surface area contributed by atoms with Gasteiger partial charge in [-0.05, 0) is 0 Å². The van der Waals surface area contributed by atoms with Gasteiger partial charge in [-0.2, -0.15) is 0 Å². The number of hydrogen-bond donors (Lipinski definition) is 12. The fourth-order valence-corrected chi connectivity index (χ4v) is 5.46. The van der Waals surface area contributed by atoms with E-state index in [4.69, 9.17) is 44.6 Å². The molecule has 0 bridgehead atoms. The quantitative estimate of drug-likeness (QED) is 0.0967. The van der Waals surface area contributed by atoms with Crippen molar-refractivity contribution in [1.29, 1.82) is 0 Å². The molecule has 0 amide bonds. The van der Waals surface area contributed by atoms with Crippen LogP contribution in [0.25, 0.3) is 0 Å². The van der Waals surface area contributed by atoms with Gasteiger partial charge >= 0.3 is 0 Å². The predicted molar refractivity (Wildman–Crippen MR) is 136 cm³/mol. The smallest absolute Gasteiger partial charge is 0.187 e. The number of aliphatic hydroxyl groups is 10. The lowest BCUT2D eigenvalue weighted by Crippen LogP contribution is -2.69. The zero-order valence-electron chi connectivity index (χ0n) is 23.4. The highest BCUT2D eigenvalue weighted by molar-refractivity contribution is 5.58. The van der Waals surface area contributed by atoms with Crippen molar-refractivity contribution in [2.24, 2.45) is 11.5 Å². The third-order valence-corrected chi connectivity index (χ3v) is 8.15. The summed E-state index contributed by atoms with van der Waals surface area (Å²) in [4.78, 5) is 23.3. The van der Waals surface area contributed by atoms with Gasteiger partial charge in [-0.25, -0.2) is 0 Å².